The molecule has 0 bridgehead atoms. The maximum Gasteiger partial charge on any atom is 0.0945 e. The average Bonchev–Trinajstić information content (AvgIpc) is 2.43. The molecule has 1 atom stereocenters. The molecule has 1 rings (SSSR count). The lowest BCUT2D eigenvalue weighted by atomic mass is 10.3. The minimum atomic E-state index is -0.637. The van der Waals surface area contributed by atoms with Crippen LogP contribution >= 0.6 is 39.1 Å². The second-order valence-corrected chi connectivity index (χ2v) is 6.36. The summed E-state index contributed by atoms with van der Waals surface area (Å²) < 4.78 is 11.4. The van der Waals surface area contributed by atoms with Gasteiger partial charge in [-0.25, -0.2) is 0 Å². The van der Waals surface area contributed by atoms with E-state index in [9.17, 15) is 5.11 Å². The molecule has 0 spiro atoms. The summed E-state index contributed by atoms with van der Waals surface area (Å²) in [4.78, 5) is 0. The van der Waals surface area contributed by atoms with Crippen LogP contribution < -0.4 is 5.32 Å². The zero-order valence-electron chi connectivity index (χ0n) is 12.0. The highest BCUT2D eigenvalue weighted by molar-refractivity contribution is 9.10. The fourth-order valence-electron chi connectivity index (χ4n) is 1.51. The van der Waals surface area contributed by atoms with Crippen molar-refractivity contribution in [3.63, 3.8) is 0 Å². The van der Waals surface area contributed by atoms with Crippen LogP contribution in [0.15, 0.2) is 16.6 Å². The van der Waals surface area contributed by atoms with Crippen LogP contribution in [0.1, 0.15) is 13.8 Å². The molecule has 0 aliphatic heterocycles. The highest BCUT2D eigenvalue weighted by atomic mass is 79.9. The van der Waals surface area contributed by atoms with Crippen molar-refractivity contribution in [3.05, 3.63) is 26.7 Å². The monoisotopic (exact) mass is 399 g/mol. The SMILES string of the molecule is CC(C)OCCOCC(O)CNc1ccc(Br)c(Cl)c1Cl. The molecule has 0 saturated heterocycles. The topological polar surface area (TPSA) is 50.7 Å². The van der Waals surface area contributed by atoms with Gasteiger partial charge in [0.05, 0.1) is 47.8 Å². The molecule has 0 saturated carbocycles. The Bertz CT molecular complexity index is 446. The lowest BCUT2D eigenvalue weighted by molar-refractivity contribution is -0.00734. The highest BCUT2D eigenvalue weighted by Gasteiger charge is 2.10. The molecule has 1 unspecified atom stereocenters. The van der Waals surface area contributed by atoms with E-state index < -0.39 is 6.10 Å². The molecule has 0 amide bonds. The van der Waals surface area contributed by atoms with Crippen LogP contribution in [-0.4, -0.2) is 43.7 Å². The summed E-state index contributed by atoms with van der Waals surface area (Å²) in [6.45, 7) is 5.46. The lowest BCUT2D eigenvalue weighted by Crippen LogP contribution is -2.26. The maximum absolute atomic E-state index is 9.82. The fourth-order valence-corrected chi connectivity index (χ4v) is 2.35. The van der Waals surface area contributed by atoms with E-state index in [1.54, 1.807) is 12.1 Å². The first-order valence-corrected chi connectivity index (χ1v) is 8.21. The molecule has 0 heterocycles. The molecule has 1 aromatic carbocycles. The Morgan fingerprint density at radius 2 is 1.95 bits per heavy atom. The van der Waals surface area contributed by atoms with Gasteiger partial charge >= 0.3 is 0 Å². The Morgan fingerprint density at radius 1 is 1.24 bits per heavy atom. The summed E-state index contributed by atoms with van der Waals surface area (Å²) in [6.07, 6.45) is -0.452. The van der Waals surface area contributed by atoms with E-state index in [2.05, 4.69) is 21.2 Å². The average molecular weight is 401 g/mol. The van der Waals surface area contributed by atoms with Gasteiger partial charge in [0.2, 0.25) is 0 Å². The van der Waals surface area contributed by atoms with Crippen molar-refractivity contribution in [2.75, 3.05) is 31.7 Å². The minimum Gasteiger partial charge on any atom is -0.389 e. The molecule has 7 heteroatoms. The van der Waals surface area contributed by atoms with E-state index in [-0.39, 0.29) is 12.7 Å². The van der Waals surface area contributed by atoms with Crippen molar-refractivity contribution >= 4 is 44.8 Å². The number of hydrogen-bond donors (Lipinski definition) is 2. The Kier molecular flexibility index (Phi) is 8.94. The van der Waals surface area contributed by atoms with Crippen LogP contribution in [0.3, 0.4) is 0 Å². The van der Waals surface area contributed by atoms with Crippen LogP contribution in [0.25, 0.3) is 0 Å². The quantitative estimate of drug-likeness (QED) is 0.486. The van der Waals surface area contributed by atoms with Gasteiger partial charge in [0.15, 0.2) is 0 Å². The Hall–Kier alpha value is -0.0400. The van der Waals surface area contributed by atoms with Gasteiger partial charge in [-0.15, -0.1) is 0 Å². The number of halogens is 3. The molecular formula is C14H20BrCl2NO3. The molecule has 120 valence electrons. The Labute approximate surface area is 143 Å². The Balaban J connectivity index is 2.27. The molecule has 0 aliphatic carbocycles. The summed E-state index contributed by atoms with van der Waals surface area (Å²) in [5.41, 5.74) is 0.673. The van der Waals surface area contributed by atoms with E-state index in [1.807, 2.05) is 13.8 Å². The van der Waals surface area contributed by atoms with Crippen LogP contribution in [0.5, 0.6) is 0 Å². The van der Waals surface area contributed by atoms with Gasteiger partial charge in [-0.3, -0.25) is 0 Å². The lowest BCUT2D eigenvalue weighted by Gasteiger charge is -2.15. The number of benzene rings is 1. The van der Waals surface area contributed by atoms with E-state index >= 15 is 0 Å². The summed E-state index contributed by atoms with van der Waals surface area (Å²) in [7, 11) is 0. The van der Waals surface area contributed by atoms with Crippen LogP contribution in [0.4, 0.5) is 5.69 Å². The third-order valence-electron chi connectivity index (χ3n) is 2.55. The van der Waals surface area contributed by atoms with Gasteiger partial charge in [-0.05, 0) is 41.9 Å². The molecule has 0 fully saturated rings. The normalized spacial score (nSPS) is 12.7. The van der Waals surface area contributed by atoms with Gasteiger partial charge < -0.3 is 19.9 Å². The van der Waals surface area contributed by atoms with Crippen LogP contribution in [0.2, 0.25) is 10.0 Å². The summed E-state index contributed by atoms with van der Waals surface area (Å²) in [6, 6.07) is 3.59. The molecular weight excluding hydrogens is 381 g/mol. The molecule has 21 heavy (non-hydrogen) atoms. The molecule has 0 radical (unpaired) electrons. The van der Waals surface area contributed by atoms with Gasteiger partial charge in [0.25, 0.3) is 0 Å². The first-order chi connectivity index (χ1) is 9.91. The molecule has 0 aliphatic rings. The third-order valence-corrected chi connectivity index (χ3v) is 4.32. The standard InChI is InChI=1S/C14H20BrCl2NO3/c1-9(2)21-6-5-20-8-10(19)7-18-12-4-3-11(15)13(16)14(12)17/h3-4,9-10,18-19H,5-8H2,1-2H3. The van der Waals surface area contributed by atoms with Gasteiger partial charge in [-0.2, -0.15) is 0 Å². The van der Waals surface area contributed by atoms with E-state index in [1.165, 1.54) is 0 Å². The Morgan fingerprint density at radius 3 is 2.62 bits per heavy atom. The number of hydrogen-bond acceptors (Lipinski definition) is 4. The fraction of sp³-hybridized carbons (Fsp3) is 0.571. The highest BCUT2D eigenvalue weighted by Crippen LogP contribution is 2.35. The van der Waals surface area contributed by atoms with Crippen molar-refractivity contribution in [2.45, 2.75) is 26.1 Å². The summed E-state index contributed by atoms with van der Waals surface area (Å²) in [5, 5.41) is 13.7. The molecule has 4 nitrogen and oxygen atoms in total. The molecule has 2 N–H and O–H groups in total. The minimum absolute atomic E-state index is 0.185. The zero-order chi connectivity index (χ0) is 15.8. The third kappa shape index (κ3) is 7.17. The van der Waals surface area contributed by atoms with Gasteiger partial charge in [-0.1, -0.05) is 23.2 Å². The number of ether oxygens (including phenoxy) is 2. The van der Waals surface area contributed by atoms with E-state index in [0.29, 0.717) is 35.5 Å². The maximum atomic E-state index is 9.82. The first kappa shape index (κ1) is 19.0. The zero-order valence-corrected chi connectivity index (χ0v) is 15.1. The number of anilines is 1. The van der Waals surface area contributed by atoms with Crippen molar-refractivity contribution in [3.8, 4) is 0 Å². The predicted molar refractivity (Wildman–Crippen MR) is 90.6 cm³/mol. The van der Waals surface area contributed by atoms with E-state index in [4.69, 9.17) is 32.7 Å². The number of nitrogens with one attached hydrogen (secondary N) is 1. The van der Waals surface area contributed by atoms with Crippen LogP contribution in [0, 0.1) is 0 Å². The molecule has 0 aromatic heterocycles. The largest absolute Gasteiger partial charge is 0.389 e. The van der Waals surface area contributed by atoms with Crippen molar-refractivity contribution in [2.24, 2.45) is 0 Å². The summed E-state index contributed by atoms with van der Waals surface area (Å²) >= 11 is 15.4. The van der Waals surface area contributed by atoms with Crippen molar-refractivity contribution in [1.82, 2.24) is 0 Å². The second kappa shape index (κ2) is 9.87. The van der Waals surface area contributed by atoms with Gasteiger partial charge in [0.1, 0.15) is 0 Å². The smallest absolute Gasteiger partial charge is 0.0945 e. The van der Waals surface area contributed by atoms with Gasteiger partial charge in [0, 0.05) is 11.0 Å². The molecule has 1 aromatic rings. The number of aliphatic hydroxyl groups is 1. The summed E-state index contributed by atoms with van der Waals surface area (Å²) in [5.74, 6) is 0. The van der Waals surface area contributed by atoms with Crippen molar-refractivity contribution < 1.29 is 14.6 Å². The van der Waals surface area contributed by atoms with E-state index in [0.717, 1.165) is 4.47 Å². The predicted octanol–water partition coefficient (Wildman–Crippen LogP) is 3.97. The van der Waals surface area contributed by atoms with Crippen molar-refractivity contribution in [1.29, 1.82) is 0 Å². The first-order valence-electron chi connectivity index (χ1n) is 6.66. The number of rotatable bonds is 9. The van der Waals surface area contributed by atoms with Crippen LogP contribution in [-0.2, 0) is 9.47 Å². The second-order valence-electron chi connectivity index (χ2n) is 4.75. The number of aliphatic hydroxyl groups excluding tert-OH is 1.